The molecule has 0 aliphatic carbocycles. The van der Waals surface area contributed by atoms with E-state index in [4.69, 9.17) is 9.40 Å². The molecule has 144 valence electrons. The number of amides is 1. The zero-order chi connectivity index (χ0) is 19.3. The molecule has 1 fully saturated rings. The van der Waals surface area contributed by atoms with Gasteiger partial charge in [-0.2, -0.15) is 0 Å². The largest absolute Gasteiger partial charge is 0.467 e. The Morgan fingerprint density at radius 2 is 1.93 bits per heavy atom. The van der Waals surface area contributed by atoms with Gasteiger partial charge in [-0.25, -0.2) is 9.97 Å². The summed E-state index contributed by atoms with van der Waals surface area (Å²) < 4.78 is 5.29. The van der Waals surface area contributed by atoms with Gasteiger partial charge in [0.2, 0.25) is 0 Å². The van der Waals surface area contributed by atoms with Gasteiger partial charge < -0.3 is 14.6 Å². The molecule has 0 spiro atoms. The van der Waals surface area contributed by atoms with Gasteiger partial charge in [-0.3, -0.25) is 4.79 Å². The minimum atomic E-state index is -0.234. The average molecular weight is 376 g/mol. The van der Waals surface area contributed by atoms with Gasteiger partial charge in [-0.05, 0) is 30.9 Å². The van der Waals surface area contributed by atoms with Crippen molar-refractivity contribution in [3.05, 3.63) is 66.2 Å². The molecular formula is C22H24N4O2. The fourth-order valence-corrected chi connectivity index (χ4v) is 3.34. The van der Waals surface area contributed by atoms with Gasteiger partial charge >= 0.3 is 0 Å². The Morgan fingerprint density at radius 3 is 2.64 bits per heavy atom. The Morgan fingerprint density at radius 1 is 1.14 bits per heavy atom. The van der Waals surface area contributed by atoms with Crippen LogP contribution in [0.4, 0.5) is 5.82 Å². The Bertz CT molecular complexity index is 917. The van der Waals surface area contributed by atoms with E-state index in [1.807, 2.05) is 36.4 Å². The van der Waals surface area contributed by atoms with Gasteiger partial charge in [0.25, 0.3) is 5.91 Å². The number of rotatable bonds is 5. The van der Waals surface area contributed by atoms with E-state index in [2.05, 4.69) is 22.1 Å². The number of aromatic nitrogens is 2. The highest BCUT2D eigenvalue weighted by molar-refractivity contribution is 5.93. The SMILES string of the molecule is CC1CCN(c2cc(C(=O)NCc3ccco3)nc(-c3ccccc3)n2)CC1. The minimum Gasteiger partial charge on any atom is -0.467 e. The molecule has 28 heavy (non-hydrogen) atoms. The number of carbonyl (C=O) groups excluding carboxylic acids is 1. The maximum atomic E-state index is 12.7. The van der Waals surface area contributed by atoms with Crippen molar-refractivity contribution in [2.45, 2.75) is 26.3 Å². The van der Waals surface area contributed by atoms with E-state index in [9.17, 15) is 4.79 Å². The summed E-state index contributed by atoms with van der Waals surface area (Å²) in [5.41, 5.74) is 1.27. The molecular weight excluding hydrogens is 352 g/mol. The normalized spacial score (nSPS) is 14.8. The third kappa shape index (κ3) is 4.22. The molecule has 4 rings (SSSR count). The zero-order valence-electron chi connectivity index (χ0n) is 16.0. The van der Waals surface area contributed by atoms with Crippen molar-refractivity contribution in [1.82, 2.24) is 15.3 Å². The van der Waals surface area contributed by atoms with Crippen molar-refractivity contribution >= 4 is 11.7 Å². The molecule has 1 aromatic carbocycles. The molecule has 6 heteroatoms. The van der Waals surface area contributed by atoms with E-state index < -0.39 is 0 Å². The monoisotopic (exact) mass is 376 g/mol. The molecule has 3 heterocycles. The highest BCUT2D eigenvalue weighted by atomic mass is 16.3. The quantitative estimate of drug-likeness (QED) is 0.731. The molecule has 0 bridgehead atoms. The summed E-state index contributed by atoms with van der Waals surface area (Å²) in [6, 6.07) is 15.2. The fraction of sp³-hybridized carbons (Fsp3) is 0.318. The topological polar surface area (TPSA) is 71.3 Å². The first-order chi connectivity index (χ1) is 13.7. The zero-order valence-corrected chi connectivity index (χ0v) is 16.0. The lowest BCUT2D eigenvalue weighted by atomic mass is 9.99. The summed E-state index contributed by atoms with van der Waals surface area (Å²) >= 11 is 0. The second kappa shape index (κ2) is 8.25. The van der Waals surface area contributed by atoms with Crippen LogP contribution in [0.2, 0.25) is 0 Å². The lowest BCUT2D eigenvalue weighted by molar-refractivity contribution is 0.0943. The van der Waals surface area contributed by atoms with Gasteiger partial charge in [-0.15, -0.1) is 0 Å². The molecule has 1 saturated heterocycles. The standard InChI is InChI=1S/C22H24N4O2/c1-16-9-11-26(12-10-16)20-14-19(22(27)23-15-18-8-5-13-28-18)24-21(25-20)17-6-3-2-4-7-17/h2-8,13-14,16H,9-12,15H2,1H3,(H,23,27). The Kier molecular flexibility index (Phi) is 5.37. The van der Waals surface area contributed by atoms with Gasteiger partial charge in [0.1, 0.15) is 17.3 Å². The lowest BCUT2D eigenvalue weighted by Gasteiger charge is -2.31. The summed E-state index contributed by atoms with van der Waals surface area (Å²) in [4.78, 5) is 24.3. The molecule has 1 aliphatic rings. The number of furan rings is 1. The molecule has 0 unspecified atom stereocenters. The highest BCUT2D eigenvalue weighted by Crippen LogP contribution is 2.24. The van der Waals surface area contributed by atoms with Gasteiger partial charge in [0.05, 0.1) is 12.8 Å². The molecule has 3 aromatic rings. The first-order valence-corrected chi connectivity index (χ1v) is 9.69. The van der Waals surface area contributed by atoms with Crippen LogP contribution in [0.15, 0.2) is 59.2 Å². The maximum absolute atomic E-state index is 12.7. The lowest BCUT2D eigenvalue weighted by Crippen LogP contribution is -2.34. The molecule has 1 aliphatic heterocycles. The second-order valence-corrected chi connectivity index (χ2v) is 7.23. The maximum Gasteiger partial charge on any atom is 0.270 e. The molecule has 0 atom stereocenters. The fourth-order valence-electron chi connectivity index (χ4n) is 3.34. The van der Waals surface area contributed by atoms with Crippen LogP contribution in [0, 0.1) is 5.92 Å². The summed E-state index contributed by atoms with van der Waals surface area (Å²) in [6.07, 6.45) is 3.85. The number of carbonyl (C=O) groups is 1. The summed E-state index contributed by atoms with van der Waals surface area (Å²) in [5, 5.41) is 2.88. The number of nitrogens with zero attached hydrogens (tertiary/aromatic N) is 3. The molecule has 0 saturated carbocycles. The number of hydrogen-bond donors (Lipinski definition) is 1. The number of nitrogens with one attached hydrogen (secondary N) is 1. The van der Waals surface area contributed by atoms with Crippen LogP contribution < -0.4 is 10.2 Å². The minimum absolute atomic E-state index is 0.234. The summed E-state index contributed by atoms with van der Waals surface area (Å²) in [6.45, 7) is 4.49. The molecule has 2 aromatic heterocycles. The van der Waals surface area contributed by atoms with Gasteiger partial charge in [-0.1, -0.05) is 37.3 Å². The van der Waals surface area contributed by atoms with Crippen molar-refractivity contribution in [2.75, 3.05) is 18.0 Å². The van der Waals surface area contributed by atoms with Crippen LogP contribution in [0.1, 0.15) is 36.0 Å². The van der Waals surface area contributed by atoms with Crippen LogP contribution in [-0.4, -0.2) is 29.0 Å². The predicted molar refractivity (Wildman–Crippen MR) is 108 cm³/mol. The number of anilines is 1. The van der Waals surface area contributed by atoms with E-state index >= 15 is 0 Å². The van der Waals surface area contributed by atoms with Gasteiger partial charge in [0.15, 0.2) is 5.82 Å². The molecule has 1 N–H and O–H groups in total. The molecule has 1 amide bonds. The van der Waals surface area contributed by atoms with Gasteiger partial charge in [0, 0.05) is 24.7 Å². The smallest absolute Gasteiger partial charge is 0.270 e. The van der Waals surface area contributed by atoms with E-state index in [0.29, 0.717) is 23.8 Å². The summed E-state index contributed by atoms with van der Waals surface area (Å²) in [5.74, 6) is 2.57. The van der Waals surface area contributed by atoms with E-state index in [1.165, 1.54) is 0 Å². The first kappa shape index (κ1) is 18.2. The van der Waals surface area contributed by atoms with Crippen molar-refractivity contribution in [1.29, 1.82) is 0 Å². The molecule has 0 radical (unpaired) electrons. The van der Waals surface area contributed by atoms with Crippen molar-refractivity contribution in [3.63, 3.8) is 0 Å². The van der Waals surface area contributed by atoms with E-state index in [-0.39, 0.29) is 5.91 Å². The van der Waals surface area contributed by atoms with Crippen LogP contribution >= 0.6 is 0 Å². The van der Waals surface area contributed by atoms with Crippen LogP contribution in [-0.2, 0) is 6.54 Å². The predicted octanol–water partition coefficient (Wildman–Crippen LogP) is 3.90. The van der Waals surface area contributed by atoms with Crippen molar-refractivity contribution in [3.8, 4) is 11.4 Å². The van der Waals surface area contributed by atoms with E-state index in [0.717, 1.165) is 43.2 Å². The third-order valence-electron chi connectivity index (χ3n) is 5.09. The number of benzene rings is 1. The van der Waals surface area contributed by atoms with Crippen molar-refractivity contribution in [2.24, 2.45) is 5.92 Å². The van der Waals surface area contributed by atoms with Crippen molar-refractivity contribution < 1.29 is 9.21 Å². The van der Waals surface area contributed by atoms with Crippen LogP contribution in [0.25, 0.3) is 11.4 Å². The highest BCUT2D eigenvalue weighted by Gasteiger charge is 2.20. The Hall–Kier alpha value is -3.15. The second-order valence-electron chi connectivity index (χ2n) is 7.23. The first-order valence-electron chi connectivity index (χ1n) is 9.69. The third-order valence-corrected chi connectivity index (χ3v) is 5.09. The van der Waals surface area contributed by atoms with Crippen LogP contribution in [0.3, 0.4) is 0 Å². The average Bonchev–Trinajstić information content (AvgIpc) is 3.26. The number of hydrogen-bond acceptors (Lipinski definition) is 5. The molecule has 6 nitrogen and oxygen atoms in total. The van der Waals surface area contributed by atoms with E-state index in [1.54, 1.807) is 18.4 Å². The number of piperidine rings is 1. The Balaban J connectivity index is 1.62. The summed E-state index contributed by atoms with van der Waals surface area (Å²) in [7, 11) is 0. The van der Waals surface area contributed by atoms with Crippen LogP contribution in [0.5, 0.6) is 0 Å². The Labute approximate surface area is 164 Å².